The molecule has 7 heterocycles. The van der Waals surface area contributed by atoms with Gasteiger partial charge in [0.15, 0.2) is 5.82 Å². The lowest BCUT2D eigenvalue weighted by molar-refractivity contribution is -0.120. The maximum atomic E-state index is 15.9. The fraction of sp³-hybridized carbons (Fsp3) is 0.340. The number of fused-ring (bicyclic) bond motifs is 2. The molecule has 10 rings (SSSR count). The second-order valence-electron chi connectivity index (χ2n) is 18.1. The zero-order valence-corrected chi connectivity index (χ0v) is 41.1. The number of halogens is 3. The summed E-state index contributed by atoms with van der Waals surface area (Å²) in [5.41, 5.74) is 5.76. The fourth-order valence-corrected chi connectivity index (χ4v) is 11.4. The highest BCUT2D eigenvalue weighted by Crippen LogP contribution is 2.44. The molecule has 0 radical (unpaired) electrons. The number of piperazine rings is 1. The number of nitrogens with one attached hydrogen (secondary N) is 3. The number of imide groups is 1. The van der Waals surface area contributed by atoms with Gasteiger partial charge >= 0.3 is 6.03 Å². The summed E-state index contributed by atoms with van der Waals surface area (Å²) < 4.78 is 53.9. The van der Waals surface area contributed by atoms with E-state index in [0.717, 1.165) is 62.2 Å². The van der Waals surface area contributed by atoms with E-state index in [2.05, 4.69) is 66.7 Å². The van der Waals surface area contributed by atoms with E-state index >= 15 is 4.39 Å². The van der Waals surface area contributed by atoms with E-state index in [9.17, 15) is 18.5 Å². The molecule has 18 nitrogen and oxygen atoms in total. The van der Waals surface area contributed by atoms with Crippen molar-refractivity contribution in [2.24, 2.45) is 20.0 Å². The van der Waals surface area contributed by atoms with E-state index in [0.29, 0.717) is 85.0 Å². The number of ether oxygens (including phenoxy) is 1. The van der Waals surface area contributed by atoms with E-state index in [1.165, 1.54) is 17.0 Å². The normalized spacial score (nSPS) is 17.0. The number of methoxy groups -OCH3 is 1. The van der Waals surface area contributed by atoms with Crippen LogP contribution in [-0.2, 0) is 23.5 Å². The number of anilines is 7. The maximum absolute atomic E-state index is 15.9. The molecule has 69 heavy (non-hydrogen) atoms. The first-order valence-electron chi connectivity index (χ1n) is 22.5. The predicted molar refractivity (Wildman–Crippen MR) is 267 cm³/mol. The second kappa shape index (κ2) is 18.3. The molecule has 3 aliphatic heterocycles. The van der Waals surface area contributed by atoms with Gasteiger partial charge in [-0.2, -0.15) is 15.2 Å². The zero-order chi connectivity index (χ0) is 48.3. The van der Waals surface area contributed by atoms with Crippen molar-refractivity contribution in [1.29, 1.82) is 0 Å². The first kappa shape index (κ1) is 46.1. The van der Waals surface area contributed by atoms with E-state index in [4.69, 9.17) is 9.72 Å². The van der Waals surface area contributed by atoms with Crippen LogP contribution in [0.5, 0.6) is 5.75 Å². The summed E-state index contributed by atoms with van der Waals surface area (Å²) >= 11 is 3.57. The topological polar surface area (TPSA) is 184 Å². The van der Waals surface area contributed by atoms with E-state index in [1.807, 2.05) is 31.6 Å². The second-order valence-corrected chi connectivity index (χ2v) is 22.1. The predicted octanol–water partition coefficient (Wildman–Crippen LogP) is 7.19. The maximum Gasteiger partial charge on any atom is 0.329 e. The average Bonchev–Trinajstić information content (AvgIpc) is 4.05. The standard InChI is InChI=1S/C47H50BrF2N14O4P/c1-59-26-28(21-53-59)30-18-37(55-46-52-23-33(48)44(57-46)54-36-7-6-35-31(16-29(49)22-51-35)43(36)69(4,5)67)41(68-3)20-39(30)63-10-8-27(25-63)24-61-12-14-62(15-13-61)40-19-38-32(17-34(40)50)45(58-60(38)2)64-11-9-42(65)56-47(64)66/h6-7,16-23,26-27H,8-15,24-25H2,1-5H3,(H,56,65,66)(H2,52,54,55,57)/t27-/m0/s1. The third-order valence-electron chi connectivity index (χ3n) is 13.0. The summed E-state index contributed by atoms with van der Waals surface area (Å²) in [4.78, 5) is 46.2. The van der Waals surface area contributed by atoms with Gasteiger partial charge in [-0.05, 0) is 78.0 Å². The summed E-state index contributed by atoms with van der Waals surface area (Å²) in [7, 11) is 2.34. The van der Waals surface area contributed by atoms with Crippen molar-refractivity contribution in [2.75, 3.05) is 98.1 Å². The van der Waals surface area contributed by atoms with Crippen molar-refractivity contribution < 1.29 is 27.7 Å². The molecule has 3 fully saturated rings. The van der Waals surface area contributed by atoms with E-state index < -0.39 is 19.0 Å². The Bertz CT molecular complexity index is 3230. The highest BCUT2D eigenvalue weighted by atomic mass is 79.9. The average molecular weight is 1020 g/mol. The van der Waals surface area contributed by atoms with Crippen LogP contribution in [0.3, 0.4) is 0 Å². The van der Waals surface area contributed by atoms with Gasteiger partial charge in [0, 0.05) is 124 Å². The first-order valence-corrected chi connectivity index (χ1v) is 25.9. The molecule has 7 aromatic rings. The molecule has 1 atom stereocenters. The molecule has 0 spiro atoms. The fourth-order valence-electron chi connectivity index (χ4n) is 9.68. The van der Waals surface area contributed by atoms with Crippen LogP contribution in [0.25, 0.3) is 32.9 Å². The van der Waals surface area contributed by atoms with Crippen molar-refractivity contribution in [3.8, 4) is 16.9 Å². The zero-order valence-electron chi connectivity index (χ0n) is 38.6. The van der Waals surface area contributed by atoms with Crippen LogP contribution >= 0.6 is 23.1 Å². The summed E-state index contributed by atoms with van der Waals surface area (Å²) in [5, 5.41) is 19.5. The Morgan fingerprint density at radius 1 is 0.899 bits per heavy atom. The highest BCUT2D eigenvalue weighted by molar-refractivity contribution is 9.10. The van der Waals surface area contributed by atoms with Gasteiger partial charge in [0.25, 0.3) is 0 Å². The van der Waals surface area contributed by atoms with E-state index in [-0.39, 0.29) is 30.6 Å². The molecule has 3 amide bonds. The largest absolute Gasteiger partial charge is 0.494 e. The molecule has 3 saturated heterocycles. The molecule has 4 aromatic heterocycles. The third-order valence-corrected chi connectivity index (χ3v) is 15.1. The number of hydrogen-bond donors (Lipinski definition) is 3. The number of hydrogen-bond acceptors (Lipinski definition) is 14. The summed E-state index contributed by atoms with van der Waals surface area (Å²) in [5.74, 6) is 0.732. The quantitative estimate of drug-likeness (QED) is 0.105. The molecule has 0 unspecified atom stereocenters. The van der Waals surface area contributed by atoms with Gasteiger partial charge in [0.05, 0.1) is 52.1 Å². The number of aromatic nitrogens is 7. The summed E-state index contributed by atoms with van der Waals surface area (Å²) in [6, 6.07) is 11.6. The number of pyridine rings is 1. The molecule has 22 heteroatoms. The van der Waals surface area contributed by atoms with Gasteiger partial charge in [0.1, 0.15) is 30.3 Å². The van der Waals surface area contributed by atoms with Crippen LogP contribution < -0.4 is 40.7 Å². The number of amides is 3. The Morgan fingerprint density at radius 3 is 2.45 bits per heavy atom. The minimum absolute atomic E-state index is 0.150. The number of aryl methyl sites for hydroxylation is 2. The van der Waals surface area contributed by atoms with E-state index in [1.54, 1.807) is 61.2 Å². The van der Waals surface area contributed by atoms with Gasteiger partial charge < -0.3 is 29.7 Å². The molecular formula is C47H50BrF2N14O4P. The van der Waals surface area contributed by atoms with Crippen molar-refractivity contribution >= 4 is 102 Å². The lowest BCUT2D eigenvalue weighted by Crippen LogP contribution is -2.49. The Balaban J connectivity index is 0.840. The number of carbonyl (C=O) groups is 2. The Morgan fingerprint density at radius 2 is 1.71 bits per heavy atom. The van der Waals surface area contributed by atoms with Crippen LogP contribution in [0.2, 0.25) is 0 Å². The smallest absolute Gasteiger partial charge is 0.329 e. The minimum atomic E-state index is -2.94. The monoisotopic (exact) mass is 1020 g/mol. The van der Waals surface area contributed by atoms with Gasteiger partial charge in [-0.15, -0.1) is 0 Å². The van der Waals surface area contributed by atoms with Gasteiger partial charge in [-0.3, -0.25) is 34.3 Å². The highest BCUT2D eigenvalue weighted by Gasteiger charge is 2.32. The Hall–Kier alpha value is -6.70. The van der Waals surface area contributed by atoms with Crippen LogP contribution in [-0.4, -0.2) is 124 Å². The molecule has 0 aliphatic carbocycles. The van der Waals surface area contributed by atoms with Gasteiger partial charge in [-0.25, -0.2) is 18.6 Å². The summed E-state index contributed by atoms with van der Waals surface area (Å²) in [6.07, 6.45) is 7.72. The number of rotatable bonds is 12. The number of urea groups is 1. The van der Waals surface area contributed by atoms with Crippen molar-refractivity contribution in [2.45, 2.75) is 12.8 Å². The molecule has 0 saturated carbocycles. The molecule has 3 N–H and O–H groups in total. The molecule has 0 bridgehead atoms. The van der Waals surface area contributed by atoms with Crippen LogP contribution in [0.15, 0.2) is 71.7 Å². The molecule has 3 aliphatic rings. The molecule has 3 aromatic carbocycles. The van der Waals surface area contributed by atoms with Crippen LogP contribution in [0, 0.1) is 17.6 Å². The lowest BCUT2D eigenvalue weighted by atomic mass is 10.0. The number of benzene rings is 3. The SMILES string of the molecule is COc1cc(N2CC[C@@H](CN3CCN(c4cc5c(cc4F)c(N4CCC(=O)NC4=O)nn5C)CC3)C2)c(-c2cnn(C)c2)cc1Nc1ncc(Br)c(Nc2ccc3ncc(F)cc3c2P(C)(C)=O)n1. The first-order chi connectivity index (χ1) is 33.1. The van der Waals surface area contributed by atoms with Crippen molar-refractivity contribution in [3.05, 3.63) is 83.4 Å². The van der Waals surface area contributed by atoms with Gasteiger partial charge in [-0.1, -0.05) is 0 Å². The van der Waals surface area contributed by atoms with Crippen LogP contribution in [0.1, 0.15) is 12.8 Å². The van der Waals surface area contributed by atoms with Crippen molar-refractivity contribution in [3.63, 3.8) is 0 Å². The van der Waals surface area contributed by atoms with Crippen LogP contribution in [0.4, 0.5) is 53.9 Å². The third kappa shape index (κ3) is 9.17. The Labute approximate surface area is 404 Å². The Kier molecular flexibility index (Phi) is 12.2. The minimum Gasteiger partial charge on any atom is -0.494 e. The number of carbonyl (C=O) groups excluding carboxylic acids is 2. The number of nitrogens with zero attached hydrogens (tertiary/aromatic N) is 11. The molecule has 358 valence electrons. The van der Waals surface area contributed by atoms with Gasteiger partial charge in [0.2, 0.25) is 11.9 Å². The molecular weight excluding hydrogens is 973 g/mol. The lowest BCUT2D eigenvalue weighted by Gasteiger charge is -2.37. The van der Waals surface area contributed by atoms with Crippen molar-refractivity contribution in [1.82, 2.24) is 44.7 Å². The summed E-state index contributed by atoms with van der Waals surface area (Å²) in [6.45, 7) is 8.88.